The molecular weight excluding hydrogens is 819 g/mol. The van der Waals surface area contributed by atoms with E-state index in [1.54, 1.807) is 13.8 Å². The van der Waals surface area contributed by atoms with Crippen LogP contribution in [-0.4, -0.2) is 72.1 Å². The van der Waals surface area contributed by atoms with Crippen molar-refractivity contribution in [3.8, 4) is 0 Å². The van der Waals surface area contributed by atoms with E-state index in [4.69, 9.17) is 23.7 Å². The van der Waals surface area contributed by atoms with Crippen molar-refractivity contribution in [2.75, 3.05) is 6.61 Å². The van der Waals surface area contributed by atoms with Crippen molar-refractivity contribution >= 4 is 17.8 Å². The second-order valence-corrected chi connectivity index (χ2v) is 18.5. The van der Waals surface area contributed by atoms with Crippen molar-refractivity contribution in [3.63, 3.8) is 0 Å². The van der Waals surface area contributed by atoms with Crippen molar-refractivity contribution in [2.45, 2.75) is 224 Å². The van der Waals surface area contributed by atoms with Gasteiger partial charge in [-0.3, -0.25) is 14.4 Å². The fourth-order valence-corrected chi connectivity index (χ4v) is 8.60. The Kier molecular flexibility index (Phi) is 26.5. The number of aliphatic hydroxyl groups excluding tert-OH is 1. The molecule has 0 aliphatic carbocycles. The Labute approximate surface area is 391 Å². The van der Waals surface area contributed by atoms with Gasteiger partial charge in [0, 0.05) is 12.8 Å². The molecule has 0 unspecified atom stereocenters. The highest BCUT2D eigenvalue weighted by molar-refractivity contribution is 5.78. The number of unbranched alkanes of at least 4 members (excludes halogenated alkanes) is 14. The van der Waals surface area contributed by atoms with Gasteiger partial charge in [-0.05, 0) is 102 Å². The fourth-order valence-electron chi connectivity index (χ4n) is 8.60. The van der Waals surface area contributed by atoms with Crippen LogP contribution in [0.2, 0.25) is 0 Å². The third-order valence-corrected chi connectivity index (χ3v) is 12.3. The number of ether oxygens (including phenoxy) is 5. The van der Waals surface area contributed by atoms with Gasteiger partial charge < -0.3 is 34.1 Å². The Morgan fingerprint density at radius 3 is 1.82 bits per heavy atom. The van der Waals surface area contributed by atoms with E-state index in [2.05, 4.69) is 85.1 Å². The lowest BCUT2D eigenvalue weighted by Gasteiger charge is -2.49. The summed E-state index contributed by atoms with van der Waals surface area (Å²) in [7, 11) is 0. The van der Waals surface area contributed by atoms with Crippen molar-refractivity contribution in [2.24, 2.45) is 0 Å². The fraction of sp³-hybridized carbons (Fsp3) is 0.655. The Bertz CT molecular complexity index is 1650. The number of aryl methyl sites for hydroxylation is 2. The molecule has 4 rings (SSSR count). The molecule has 2 aliphatic rings. The molecule has 2 heterocycles. The van der Waals surface area contributed by atoms with Gasteiger partial charge in [0.15, 0.2) is 18.2 Å². The molecule has 6 atom stereocenters. The monoisotopic (exact) mass is 902 g/mol. The molecule has 362 valence electrons. The number of carbonyl (C=O) groups is 3. The molecule has 2 fully saturated rings. The summed E-state index contributed by atoms with van der Waals surface area (Å²) in [5, 5.41) is 14.2. The summed E-state index contributed by atoms with van der Waals surface area (Å²) in [6.07, 6.45) is 26.8. The third kappa shape index (κ3) is 23.0. The number of nitrogens with one attached hydrogen (secondary N) is 1. The molecular formula is C55H83NO9. The zero-order valence-corrected chi connectivity index (χ0v) is 40.1. The van der Waals surface area contributed by atoms with Crippen molar-refractivity contribution in [1.29, 1.82) is 0 Å². The molecule has 2 aromatic rings. The van der Waals surface area contributed by atoms with Crippen LogP contribution in [0, 0.1) is 0 Å². The number of hydrogen-bond donors (Lipinski definition) is 2. The van der Waals surface area contributed by atoms with Crippen LogP contribution in [0.15, 0.2) is 85.0 Å². The summed E-state index contributed by atoms with van der Waals surface area (Å²) in [5.41, 5.74) is 2.67. The Morgan fingerprint density at radius 1 is 0.708 bits per heavy atom. The van der Waals surface area contributed by atoms with E-state index in [1.807, 2.05) is 12.1 Å². The number of fused-ring (bicyclic) bond motifs is 1. The molecule has 10 nitrogen and oxygen atoms in total. The number of rotatable bonds is 33. The molecule has 0 saturated carbocycles. The first kappa shape index (κ1) is 53.8. The SMILES string of the molecule is CCCCCCCCCCC[C@H](CC(=O)N[C@@H]1[C@@H](OC(=O)CCCCCC=CCCc2ccccc2)[C@@H]2OC(C)(C)OC[C@H]2O[C@H]1O)OC(=O)CCCCCC=CCCc1ccccc1. The van der Waals surface area contributed by atoms with E-state index >= 15 is 0 Å². The van der Waals surface area contributed by atoms with Gasteiger partial charge in [0.1, 0.15) is 24.4 Å². The van der Waals surface area contributed by atoms with Crippen LogP contribution in [-0.2, 0) is 50.9 Å². The number of benzene rings is 2. The van der Waals surface area contributed by atoms with Gasteiger partial charge >= 0.3 is 11.9 Å². The first-order chi connectivity index (χ1) is 31.6. The van der Waals surface area contributed by atoms with Crippen LogP contribution < -0.4 is 5.32 Å². The predicted octanol–water partition coefficient (Wildman–Crippen LogP) is 11.8. The number of carbonyl (C=O) groups excluding carboxylic acids is 3. The zero-order valence-electron chi connectivity index (χ0n) is 40.1. The first-order valence-electron chi connectivity index (χ1n) is 25.3. The summed E-state index contributed by atoms with van der Waals surface area (Å²) in [6, 6.07) is 19.8. The Balaban J connectivity index is 1.26. The third-order valence-electron chi connectivity index (χ3n) is 12.3. The summed E-state index contributed by atoms with van der Waals surface area (Å²) in [4.78, 5) is 40.4. The lowest BCUT2D eigenvalue weighted by molar-refractivity contribution is -0.365. The Morgan fingerprint density at radius 2 is 1.23 bits per heavy atom. The second-order valence-electron chi connectivity index (χ2n) is 18.5. The summed E-state index contributed by atoms with van der Waals surface area (Å²) < 4.78 is 30.0. The number of aliphatic hydroxyl groups is 1. The normalized spacial score (nSPS) is 21.0. The molecule has 0 bridgehead atoms. The average Bonchev–Trinajstić information content (AvgIpc) is 3.29. The molecule has 2 aromatic carbocycles. The van der Waals surface area contributed by atoms with E-state index in [0.29, 0.717) is 19.3 Å². The van der Waals surface area contributed by atoms with Gasteiger partial charge in [-0.15, -0.1) is 0 Å². The highest BCUT2D eigenvalue weighted by Gasteiger charge is 2.53. The van der Waals surface area contributed by atoms with Gasteiger partial charge in [0.05, 0.1) is 13.0 Å². The minimum absolute atomic E-state index is 0.0787. The summed E-state index contributed by atoms with van der Waals surface area (Å²) >= 11 is 0. The lowest BCUT2D eigenvalue weighted by Crippen LogP contribution is -2.69. The van der Waals surface area contributed by atoms with E-state index in [1.165, 1.54) is 49.7 Å². The number of allylic oxidation sites excluding steroid dienone is 4. The van der Waals surface area contributed by atoms with Gasteiger partial charge in [0.25, 0.3) is 0 Å². The maximum atomic E-state index is 13.8. The maximum Gasteiger partial charge on any atom is 0.306 e. The largest absolute Gasteiger partial charge is 0.462 e. The van der Waals surface area contributed by atoms with Gasteiger partial charge in [-0.1, -0.05) is 156 Å². The van der Waals surface area contributed by atoms with Crippen LogP contribution in [0.4, 0.5) is 0 Å². The number of hydrogen-bond acceptors (Lipinski definition) is 9. The average molecular weight is 902 g/mol. The van der Waals surface area contributed by atoms with Crippen LogP contribution in [0.25, 0.3) is 0 Å². The van der Waals surface area contributed by atoms with E-state index in [0.717, 1.165) is 89.9 Å². The second kappa shape index (κ2) is 32.0. The van der Waals surface area contributed by atoms with Gasteiger partial charge in [-0.2, -0.15) is 0 Å². The zero-order chi connectivity index (χ0) is 46.4. The molecule has 0 spiro atoms. The minimum atomic E-state index is -1.47. The van der Waals surface area contributed by atoms with E-state index in [9.17, 15) is 19.5 Å². The first-order valence-corrected chi connectivity index (χ1v) is 25.3. The molecule has 1 amide bonds. The van der Waals surface area contributed by atoms with E-state index < -0.39 is 54.4 Å². The smallest absolute Gasteiger partial charge is 0.306 e. The summed E-state index contributed by atoms with van der Waals surface area (Å²) in [6.45, 7) is 5.90. The summed E-state index contributed by atoms with van der Waals surface area (Å²) in [5.74, 6) is -2.14. The van der Waals surface area contributed by atoms with E-state index in [-0.39, 0.29) is 25.4 Å². The highest BCUT2D eigenvalue weighted by atomic mass is 16.7. The molecule has 0 aromatic heterocycles. The molecule has 2 N–H and O–H groups in total. The van der Waals surface area contributed by atoms with Crippen molar-refractivity contribution in [3.05, 3.63) is 96.1 Å². The molecule has 65 heavy (non-hydrogen) atoms. The standard InChI is InChI=1S/C55H83NO9/c1-4-5-6-7-8-9-14-19-30-39-46(62-49(58)40-31-20-15-10-12-17-24-33-44-35-26-22-27-36-44)42-48(57)56-51-53(52-47(63-54(51)60)43-61-55(2,3)65-52)64-50(59)41-32-21-16-11-13-18-25-34-45-37-28-23-29-38-45/h12-13,17-18,22-23,26-29,35-38,46-47,51-54,60H,4-11,14-16,19-21,24-25,30-34,39-43H2,1-3H3,(H,56,57)/t46-,47-,51-,52-,53-,54-/m1/s1. The number of esters is 2. The van der Waals surface area contributed by atoms with Crippen LogP contribution in [0.3, 0.4) is 0 Å². The van der Waals surface area contributed by atoms with Crippen LogP contribution >= 0.6 is 0 Å². The number of amides is 1. The van der Waals surface area contributed by atoms with Crippen molar-refractivity contribution in [1.82, 2.24) is 5.32 Å². The lowest BCUT2D eigenvalue weighted by atomic mass is 9.94. The predicted molar refractivity (Wildman–Crippen MR) is 258 cm³/mol. The molecule has 2 aliphatic heterocycles. The Hall–Kier alpha value is -3.83. The van der Waals surface area contributed by atoms with Crippen LogP contribution in [0.5, 0.6) is 0 Å². The maximum absolute atomic E-state index is 13.8. The molecule has 0 radical (unpaired) electrons. The van der Waals surface area contributed by atoms with Gasteiger partial charge in [-0.25, -0.2) is 0 Å². The van der Waals surface area contributed by atoms with Crippen molar-refractivity contribution < 1.29 is 43.2 Å². The minimum Gasteiger partial charge on any atom is -0.462 e. The highest BCUT2D eigenvalue weighted by Crippen LogP contribution is 2.34. The van der Waals surface area contributed by atoms with Gasteiger partial charge in [0.2, 0.25) is 5.91 Å². The quantitative estimate of drug-likeness (QED) is 0.0408. The molecule has 10 heteroatoms. The topological polar surface area (TPSA) is 130 Å². The van der Waals surface area contributed by atoms with Crippen LogP contribution in [0.1, 0.15) is 180 Å². The molecule has 2 saturated heterocycles.